The van der Waals surface area contributed by atoms with Crippen LogP contribution in [0.3, 0.4) is 0 Å². The topological polar surface area (TPSA) is 71.1 Å². The molecule has 0 saturated carbocycles. The van der Waals surface area contributed by atoms with Gasteiger partial charge in [0.25, 0.3) is 0 Å². The molecule has 3 heterocycles. The molecule has 0 amide bonds. The molecule has 9 heteroatoms. The van der Waals surface area contributed by atoms with Crippen LogP contribution in [0, 0.1) is 0 Å². The lowest BCUT2D eigenvalue weighted by molar-refractivity contribution is 0.0599. The number of thiol groups is 1. The second-order valence-corrected chi connectivity index (χ2v) is 7.05. The molecule has 7 nitrogen and oxygen atoms in total. The van der Waals surface area contributed by atoms with Crippen molar-refractivity contribution in [3.63, 3.8) is 0 Å². The number of thiocarbonyl (C=S) groups is 1. The Morgan fingerprint density at radius 3 is 1.58 bits per heavy atom. The third-order valence-electron chi connectivity index (χ3n) is 4.22. The van der Waals surface area contributed by atoms with Crippen molar-refractivity contribution in [3.05, 3.63) is 29.3 Å². The van der Waals surface area contributed by atoms with Crippen LogP contribution >= 0.6 is 24.8 Å². The SMILES string of the molecule is C1CN2CCN1CC2.COC(=O)c1cc(NC(=S)S)cc(C(=O)OC)c1. The molecule has 3 fully saturated rings. The summed E-state index contributed by atoms with van der Waals surface area (Å²) < 4.78 is 9.40. The number of fused-ring (bicyclic) bond motifs is 3. The third kappa shape index (κ3) is 5.94. The van der Waals surface area contributed by atoms with Crippen molar-refractivity contribution in [1.82, 2.24) is 9.80 Å². The van der Waals surface area contributed by atoms with E-state index in [1.807, 2.05) is 0 Å². The minimum Gasteiger partial charge on any atom is -0.465 e. The number of hydrogen-bond acceptors (Lipinski definition) is 7. The van der Waals surface area contributed by atoms with Gasteiger partial charge in [0.15, 0.2) is 0 Å². The molecule has 0 aromatic heterocycles. The second kappa shape index (κ2) is 9.86. The van der Waals surface area contributed by atoms with Crippen LogP contribution in [0.1, 0.15) is 20.7 Å². The molecule has 1 aromatic rings. The van der Waals surface area contributed by atoms with E-state index in [1.165, 1.54) is 71.7 Å². The van der Waals surface area contributed by atoms with E-state index in [-0.39, 0.29) is 15.4 Å². The van der Waals surface area contributed by atoms with Gasteiger partial charge in [-0.2, -0.15) is 0 Å². The molecule has 4 rings (SSSR count). The molecular weight excluding hydrogens is 374 g/mol. The zero-order valence-electron chi connectivity index (χ0n) is 14.9. The summed E-state index contributed by atoms with van der Waals surface area (Å²) in [5, 5.41) is 2.72. The molecule has 0 spiro atoms. The number of benzene rings is 1. The third-order valence-corrected chi connectivity index (χ3v) is 4.44. The van der Waals surface area contributed by atoms with E-state index in [9.17, 15) is 9.59 Å². The van der Waals surface area contributed by atoms with Crippen molar-refractivity contribution < 1.29 is 19.1 Å². The standard InChI is InChI=1S/C11H11NO4S2.C6H12N2/c1-15-9(13)6-3-7(10(14)16-2)5-8(4-6)12-11(17)18;1-2-8-5-3-7(1)4-6-8/h3-5H,1-2H3,(H2,12,17,18);1-6H2. The number of carbonyl (C=O) groups excluding carboxylic acids is 2. The minimum atomic E-state index is -0.561. The Kier molecular flexibility index (Phi) is 7.83. The summed E-state index contributed by atoms with van der Waals surface area (Å²) in [5.41, 5.74) is 0.887. The highest BCUT2D eigenvalue weighted by Crippen LogP contribution is 2.17. The first-order valence-corrected chi connectivity index (χ1v) is 9.05. The molecule has 2 bridgehead atoms. The molecule has 0 atom stereocenters. The Balaban J connectivity index is 0.000000247. The average molecular weight is 398 g/mol. The molecule has 0 radical (unpaired) electrons. The van der Waals surface area contributed by atoms with E-state index in [1.54, 1.807) is 0 Å². The molecule has 3 aliphatic heterocycles. The number of ether oxygens (including phenoxy) is 2. The van der Waals surface area contributed by atoms with Gasteiger partial charge < -0.3 is 14.8 Å². The van der Waals surface area contributed by atoms with Gasteiger partial charge in [-0.1, -0.05) is 12.2 Å². The maximum atomic E-state index is 11.5. The average Bonchev–Trinajstić information content (AvgIpc) is 2.68. The lowest BCUT2D eigenvalue weighted by Crippen LogP contribution is -2.55. The van der Waals surface area contributed by atoms with Gasteiger partial charge in [-0.15, -0.1) is 12.6 Å². The van der Waals surface area contributed by atoms with E-state index >= 15 is 0 Å². The van der Waals surface area contributed by atoms with Gasteiger partial charge >= 0.3 is 11.9 Å². The zero-order chi connectivity index (χ0) is 19.1. The van der Waals surface area contributed by atoms with Crippen LogP contribution in [0.5, 0.6) is 0 Å². The molecule has 0 unspecified atom stereocenters. The molecule has 0 aliphatic carbocycles. The Bertz CT molecular complexity index is 619. The van der Waals surface area contributed by atoms with Crippen molar-refractivity contribution in [3.8, 4) is 0 Å². The van der Waals surface area contributed by atoms with Crippen LogP contribution in [-0.2, 0) is 9.47 Å². The van der Waals surface area contributed by atoms with Crippen LogP contribution < -0.4 is 5.32 Å². The quantitative estimate of drug-likeness (QED) is 0.452. The zero-order valence-corrected chi connectivity index (χ0v) is 16.6. The Hall–Kier alpha value is -1.68. The van der Waals surface area contributed by atoms with Crippen LogP contribution in [-0.4, -0.2) is 79.5 Å². The fraction of sp³-hybridized carbons (Fsp3) is 0.471. The highest BCUT2D eigenvalue weighted by atomic mass is 32.1. The molecule has 3 aliphatic rings. The number of rotatable bonds is 3. The summed E-state index contributed by atoms with van der Waals surface area (Å²) >= 11 is 8.69. The normalized spacial score (nSPS) is 20.4. The van der Waals surface area contributed by atoms with Gasteiger partial charge in [-0.25, -0.2) is 9.59 Å². The van der Waals surface area contributed by atoms with Crippen LogP contribution in [0.25, 0.3) is 0 Å². The van der Waals surface area contributed by atoms with Crippen molar-refractivity contribution in [2.45, 2.75) is 0 Å². The van der Waals surface area contributed by atoms with E-state index in [0.717, 1.165) is 0 Å². The number of nitrogens with one attached hydrogen (secondary N) is 1. The van der Waals surface area contributed by atoms with E-state index in [0.29, 0.717) is 5.69 Å². The Labute approximate surface area is 164 Å². The summed E-state index contributed by atoms with van der Waals surface area (Å²) in [4.78, 5) is 28.0. The van der Waals surface area contributed by atoms with Gasteiger partial charge in [0.2, 0.25) is 0 Å². The van der Waals surface area contributed by atoms with Gasteiger partial charge in [0, 0.05) is 45.0 Å². The first-order valence-electron chi connectivity index (χ1n) is 8.19. The summed E-state index contributed by atoms with van der Waals surface area (Å²) in [6.07, 6.45) is 0. The predicted octanol–water partition coefficient (Wildman–Crippen LogP) is 1.50. The first-order chi connectivity index (χ1) is 12.4. The predicted molar refractivity (Wildman–Crippen MR) is 107 cm³/mol. The maximum Gasteiger partial charge on any atom is 0.337 e. The number of anilines is 1. The van der Waals surface area contributed by atoms with Crippen molar-refractivity contribution >= 4 is 46.8 Å². The molecule has 1 N–H and O–H groups in total. The largest absolute Gasteiger partial charge is 0.465 e. The Morgan fingerprint density at radius 1 is 0.923 bits per heavy atom. The highest BCUT2D eigenvalue weighted by Gasteiger charge is 2.21. The smallest absolute Gasteiger partial charge is 0.337 e. The number of methoxy groups -OCH3 is 2. The summed E-state index contributed by atoms with van der Waals surface area (Å²) in [7, 11) is 2.51. The van der Waals surface area contributed by atoms with E-state index in [4.69, 9.17) is 12.2 Å². The lowest BCUT2D eigenvalue weighted by Gasteiger charge is -2.41. The van der Waals surface area contributed by atoms with Gasteiger partial charge in [-0.05, 0) is 18.2 Å². The van der Waals surface area contributed by atoms with E-state index < -0.39 is 11.9 Å². The summed E-state index contributed by atoms with van der Waals surface area (Å²) in [6, 6.07) is 4.38. The van der Waals surface area contributed by atoms with Crippen LogP contribution in [0.2, 0.25) is 0 Å². The Morgan fingerprint density at radius 2 is 1.31 bits per heavy atom. The van der Waals surface area contributed by atoms with Crippen molar-refractivity contribution in [2.24, 2.45) is 0 Å². The summed E-state index contributed by atoms with van der Waals surface area (Å²) in [6.45, 7) is 7.92. The first kappa shape index (κ1) is 20.6. The van der Waals surface area contributed by atoms with Gasteiger partial charge in [0.05, 0.1) is 25.3 Å². The van der Waals surface area contributed by atoms with Crippen LogP contribution in [0.4, 0.5) is 5.69 Å². The maximum absolute atomic E-state index is 11.5. The highest BCUT2D eigenvalue weighted by molar-refractivity contribution is 8.11. The molecule has 26 heavy (non-hydrogen) atoms. The number of nitrogens with zero attached hydrogens (tertiary/aromatic N) is 2. The number of carbonyl (C=O) groups is 2. The molecule has 142 valence electrons. The van der Waals surface area contributed by atoms with Gasteiger partial charge in [-0.3, -0.25) is 9.80 Å². The number of esters is 2. The van der Waals surface area contributed by atoms with Gasteiger partial charge in [0.1, 0.15) is 4.32 Å². The molecule has 1 aromatic carbocycles. The fourth-order valence-corrected chi connectivity index (χ4v) is 3.06. The number of hydrogen-bond donors (Lipinski definition) is 2. The summed E-state index contributed by atoms with van der Waals surface area (Å²) in [5.74, 6) is -1.12. The van der Waals surface area contributed by atoms with Crippen molar-refractivity contribution in [1.29, 1.82) is 0 Å². The lowest BCUT2D eigenvalue weighted by atomic mass is 10.1. The number of piperazine rings is 3. The minimum absolute atomic E-state index is 0.215. The van der Waals surface area contributed by atoms with Crippen molar-refractivity contribution in [2.75, 3.05) is 58.8 Å². The van der Waals surface area contributed by atoms with Crippen LogP contribution in [0.15, 0.2) is 18.2 Å². The second-order valence-electron chi connectivity index (χ2n) is 5.90. The fourth-order valence-electron chi connectivity index (χ4n) is 2.81. The molecular formula is C17H23N3O4S2. The van der Waals surface area contributed by atoms with E-state index in [2.05, 4.69) is 37.2 Å². The monoisotopic (exact) mass is 397 g/mol. The molecule has 3 saturated heterocycles.